The van der Waals surface area contributed by atoms with Crippen LogP contribution < -0.4 is 9.80 Å². The highest BCUT2D eigenvalue weighted by Crippen LogP contribution is 2.35. The van der Waals surface area contributed by atoms with Gasteiger partial charge in [0.05, 0.1) is 36.5 Å². The molecule has 8 nitrogen and oxygen atoms in total. The van der Waals surface area contributed by atoms with Crippen molar-refractivity contribution in [3.05, 3.63) is 35.1 Å². The molecule has 2 atom stereocenters. The average molecular weight is 473 g/mol. The molecule has 9 heteroatoms. The van der Waals surface area contributed by atoms with Crippen molar-refractivity contribution in [1.29, 1.82) is 0 Å². The van der Waals surface area contributed by atoms with Gasteiger partial charge < -0.3 is 19.3 Å². The molecule has 3 aromatic rings. The molecule has 1 aromatic carbocycles. The normalized spacial score (nSPS) is 22.6. The fourth-order valence-corrected chi connectivity index (χ4v) is 4.86. The molecule has 0 radical (unpaired) electrons. The second-order valence-electron chi connectivity index (χ2n) is 7.85. The number of hydrogen-bond donors (Lipinski definition) is 0. The van der Waals surface area contributed by atoms with Gasteiger partial charge in [-0.15, -0.1) is 0 Å². The highest BCUT2D eigenvalue weighted by atomic mass is 79.9. The molecule has 2 aliphatic rings. The van der Waals surface area contributed by atoms with Crippen LogP contribution in [-0.4, -0.2) is 71.1 Å². The standard InChI is InChI=1S/C21H25BrN6O2/c1-14-11-27(12-15(2)30-14)20-18(22)19(26-7-9-29-10-8-26)24-21(25-20)28-13-23-16-5-3-4-6-17(16)28/h3-6,13-15H,7-12H2,1-2H3/t14-,15-/m0/s1. The van der Waals surface area contributed by atoms with Crippen LogP contribution in [0.2, 0.25) is 0 Å². The van der Waals surface area contributed by atoms with Gasteiger partial charge in [-0.3, -0.25) is 4.57 Å². The number of hydrogen-bond acceptors (Lipinski definition) is 7. The maximum absolute atomic E-state index is 5.94. The number of benzene rings is 1. The van der Waals surface area contributed by atoms with E-state index in [1.54, 1.807) is 6.33 Å². The molecule has 5 rings (SSSR count). The molecule has 0 unspecified atom stereocenters. The summed E-state index contributed by atoms with van der Waals surface area (Å²) in [6.45, 7) is 8.76. The number of fused-ring (bicyclic) bond motifs is 1. The zero-order valence-electron chi connectivity index (χ0n) is 17.2. The number of anilines is 2. The first-order valence-corrected chi connectivity index (χ1v) is 11.1. The van der Waals surface area contributed by atoms with Gasteiger partial charge in [0.25, 0.3) is 0 Å². The van der Waals surface area contributed by atoms with Crippen LogP contribution in [-0.2, 0) is 9.47 Å². The monoisotopic (exact) mass is 472 g/mol. The first-order chi connectivity index (χ1) is 14.6. The third kappa shape index (κ3) is 3.66. The third-order valence-electron chi connectivity index (χ3n) is 5.50. The van der Waals surface area contributed by atoms with Gasteiger partial charge in [0, 0.05) is 26.2 Å². The minimum Gasteiger partial charge on any atom is -0.378 e. The van der Waals surface area contributed by atoms with E-state index in [2.05, 4.69) is 44.6 Å². The van der Waals surface area contributed by atoms with E-state index in [-0.39, 0.29) is 12.2 Å². The number of imidazole rings is 1. The molecule has 4 heterocycles. The molecule has 0 aliphatic carbocycles. The number of morpholine rings is 2. The lowest BCUT2D eigenvalue weighted by Crippen LogP contribution is -2.46. The topological polar surface area (TPSA) is 68.5 Å². The molecule has 2 saturated heterocycles. The van der Waals surface area contributed by atoms with Crippen LogP contribution in [0.25, 0.3) is 17.0 Å². The lowest BCUT2D eigenvalue weighted by Gasteiger charge is -2.37. The third-order valence-corrected chi connectivity index (χ3v) is 6.21. The Labute approximate surface area is 184 Å². The predicted octanol–water partition coefficient (Wildman–Crippen LogP) is 3.03. The molecule has 2 fully saturated rings. The Hall–Kier alpha value is -2.23. The number of ether oxygens (including phenoxy) is 2. The van der Waals surface area contributed by atoms with Crippen LogP contribution in [0.15, 0.2) is 35.1 Å². The van der Waals surface area contributed by atoms with Gasteiger partial charge in [0.15, 0.2) is 11.6 Å². The molecule has 2 aliphatic heterocycles. The second kappa shape index (κ2) is 8.13. The number of halogens is 1. The van der Waals surface area contributed by atoms with E-state index in [1.807, 2.05) is 28.8 Å². The molecule has 30 heavy (non-hydrogen) atoms. The smallest absolute Gasteiger partial charge is 0.239 e. The quantitative estimate of drug-likeness (QED) is 0.580. The maximum Gasteiger partial charge on any atom is 0.239 e. The van der Waals surface area contributed by atoms with E-state index >= 15 is 0 Å². The van der Waals surface area contributed by atoms with E-state index in [0.29, 0.717) is 19.2 Å². The molecule has 0 bridgehead atoms. The lowest BCUT2D eigenvalue weighted by atomic mass is 10.2. The summed E-state index contributed by atoms with van der Waals surface area (Å²) in [4.78, 5) is 19.0. The van der Waals surface area contributed by atoms with Crippen molar-refractivity contribution >= 4 is 38.6 Å². The number of para-hydroxylation sites is 2. The van der Waals surface area contributed by atoms with Gasteiger partial charge in [0.2, 0.25) is 5.95 Å². The molecule has 2 aromatic heterocycles. The molecule has 0 spiro atoms. The van der Waals surface area contributed by atoms with Crippen molar-refractivity contribution < 1.29 is 9.47 Å². The van der Waals surface area contributed by atoms with Gasteiger partial charge in [0.1, 0.15) is 10.8 Å². The van der Waals surface area contributed by atoms with E-state index in [9.17, 15) is 0 Å². The first kappa shape index (κ1) is 19.7. The summed E-state index contributed by atoms with van der Waals surface area (Å²) in [6.07, 6.45) is 2.07. The second-order valence-corrected chi connectivity index (χ2v) is 8.64. The van der Waals surface area contributed by atoms with E-state index in [1.165, 1.54) is 0 Å². The lowest BCUT2D eigenvalue weighted by molar-refractivity contribution is -0.00550. The molecular formula is C21H25BrN6O2. The Bertz CT molecular complexity index is 1040. The van der Waals surface area contributed by atoms with Crippen molar-refractivity contribution in [1.82, 2.24) is 19.5 Å². The summed E-state index contributed by atoms with van der Waals surface area (Å²) < 4.78 is 14.4. The Balaban J connectivity index is 1.65. The molecule has 0 N–H and O–H groups in total. The van der Waals surface area contributed by atoms with E-state index in [4.69, 9.17) is 19.4 Å². The molecule has 0 amide bonds. The van der Waals surface area contributed by atoms with E-state index in [0.717, 1.165) is 53.3 Å². The zero-order chi connectivity index (χ0) is 20.7. The maximum atomic E-state index is 5.94. The number of nitrogens with zero attached hydrogens (tertiary/aromatic N) is 6. The summed E-state index contributed by atoms with van der Waals surface area (Å²) in [6, 6.07) is 8.04. The Morgan fingerprint density at radius 1 is 0.967 bits per heavy atom. The molecule has 0 saturated carbocycles. The van der Waals surface area contributed by atoms with Crippen LogP contribution >= 0.6 is 15.9 Å². The summed E-state index contributed by atoms with van der Waals surface area (Å²) in [5.41, 5.74) is 1.91. The van der Waals surface area contributed by atoms with Crippen LogP contribution in [0.4, 0.5) is 11.6 Å². The van der Waals surface area contributed by atoms with Crippen molar-refractivity contribution in [2.45, 2.75) is 26.1 Å². The highest BCUT2D eigenvalue weighted by Gasteiger charge is 2.28. The summed E-state index contributed by atoms with van der Waals surface area (Å²) in [5, 5.41) is 0. The Kier molecular flexibility index (Phi) is 5.34. The van der Waals surface area contributed by atoms with Gasteiger partial charge in [-0.25, -0.2) is 4.98 Å². The SMILES string of the molecule is C[C@H]1CN(c2nc(-n3cnc4ccccc43)nc(N3CCOCC3)c2Br)C[C@H](C)O1. The van der Waals surface area contributed by atoms with Gasteiger partial charge >= 0.3 is 0 Å². The van der Waals surface area contributed by atoms with Crippen LogP contribution in [0.5, 0.6) is 0 Å². The van der Waals surface area contributed by atoms with Crippen molar-refractivity contribution in [2.24, 2.45) is 0 Å². The fraction of sp³-hybridized carbons (Fsp3) is 0.476. The van der Waals surface area contributed by atoms with E-state index < -0.39 is 0 Å². The molecular weight excluding hydrogens is 448 g/mol. The predicted molar refractivity (Wildman–Crippen MR) is 120 cm³/mol. The summed E-state index contributed by atoms with van der Waals surface area (Å²) >= 11 is 3.82. The fourth-order valence-electron chi connectivity index (χ4n) is 4.18. The average Bonchev–Trinajstić information content (AvgIpc) is 3.18. The van der Waals surface area contributed by atoms with Crippen LogP contribution in [0.3, 0.4) is 0 Å². The largest absolute Gasteiger partial charge is 0.378 e. The van der Waals surface area contributed by atoms with Crippen molar-refractivity contribution in [3.8, 4) is 5.95 Å². The number of rotatable bonds is 3. The Morgan fingerprint density at radius 2 is 1.63 bits per heavy atom. The van der Waals surface area contributed by atoms with Gasteiger partial charge in [-0.05, 0) is 41.9 Å². The first-order valence-electron chi connectivity index (χ1n) is 10.3. The molecule has 158 valence electrons. The van der Waals surface area contributed by atoms with Gasteiger partial charge in [-0.2, -0.15) is 9.97 Å². The summed E-state index contributed by atoms with van der Waals surface area (Å²) in [5.74, 6) is 2.40. The van der Waals surface area contributed by atoms with Crippen molar-refractivity contribution in [3.63, 3.8) is 0 Å². The Morgan fingerprint density at radius 3 is 2.37 bits per heavy atom. The minimum atomic E-state index is 0.139. The zero-order valence-corrected chi connectivity index (χ0v) is 18.7. The van der Waals surface area contributed by atoms with Crippen LogP contribution in [0.1, 0.15) is 13.8 Å². The summed E-state index contributed by atoms with van der Waals surface area (Å²) in [7, 11) is 0. The van der Waals surface area contributed by atoms with Crippen LogP contribution in [0, 0.1) is 0 Å². The van der Waals surface area contributed by atoms with Crippen molar-refractivity contribution in [2.75, 3.05) is 49.2 Å². The van der Waals surface area contributed by atoms with Gasteiger partial charge in [-0.1, -0.05) is 12.1 Å². The number of aromatic nitrogens is 4. The highest BCUT2D eigenvalue weighted by molar-refractivity contribution is 9.10. The minimum absolute atomic E-state index is 0.139.